The van der Waals surface area contributed by atoms with Gasteiger partial charge < -0.3 is 4.80 Å². The molecule has 0 radical (unpaired) electrons. The Hall–Kier alpha value is -0.0431. The van der Waals surface area contributed by atoms with Gasteiger partial charge in [0, 0.05) is 0 Å². The third kappa shape index (κ3) is 3.96. The lowest BCUT2D eigenvalue weighted by molar-refractivity contribution is -0.191. The van der Waals surface area contributed by atoms with Crippen molar-refractivity contribution in [3.8, 4) is 0 Å². The second kappa shape index (κ2) is 1.60. The molecule has 3 nitrogen and oxygen atoms in total. The van der Waals surface area contributed by atoms with Crippen molar-refractivity contribution < 1.29 is 22.8 Å². The first kappa shape index (κ1) is 5.96. The molecule has 38 valence electrons. The average molecular weight is 116 g/mol. The zero-order valence-electron chi connectivity index (χ0n) is 2.56. The Morgan fingerprint density at radius 1 is 1.50 bits per heavy atom. The summed E-state index contributed by atoms with van der Waals surface area (Å²) in [5.74, 6) is 0. The van der Waals surface area contributed by atoms with Crippen LogP contribution in [0.1, 0.15) is 0 Å². The highest BCUT2D eigenvalue weighted by Gasteiger charge is 2.38. The number of hydrogen-bond donors (Lipinski definition) is 2. The molecule has 0 spiro atoms. The monoisotopic (exact) mass is 116 g/mol. The van der Waals surface area contributed by atoms with Crippen LogP contribution < -0.4 is 0 Å². The predicted octanol–water partition coefficient (Wildman–Crippen LogP) is -0.157. The van der Waals surface area contributed by atoms with Gasteiger partial charge in [0.1, 0.15) is 0 Å². The van der Waals surface area contributed by atoms with E-state index in [-0.39, 0.29) is 0 Å². The summed E-state index contributed by atoms with van der Waals surface area (Å²) in [5, 5.41) is 6.96. The minimum Gasteiger partial charge on any atom is -0.360 e. The summed E-state index contributed by atoms with van der Waals surface area (Å²) in [4.78, 5) is 7.16. The molecule has 0 aromatic carbocycles. The van der Waals surface area contributed by atoms with E-state index in [0.717, 1.165) is 0 Å². The van der Waals surface area contributed by atoms with Gasteiger partial charge in [0.15, 0.2) is 0 Å². The van der Waals surface area contributed by atoms with Crippen molar-refractivity contribution in [2.45, 2.75) is 0 Å². The number of halogens is 2. The van der Waals surface area contributed by atoms with Crippen LogP contribution >= 0.6 is 0 Å². The Morgan fingerprint density at radius 3 is 1.67 bits per heavy atom. The van der Waals surface area contributed by atoms with E-state index in [4.69, 9.17) is 10.1 Å². The molecule has 0 fully saturated rings. The molecule has 0 aliphatic carbocycles. The normalized spacial score (nSPS) is 12.0. The Morgan fingerprint density at radius 2 is 1.67 bits per heavy atom. The first-order valence-corrected chi connectivity index (χ1v) is 2.60. The SMILES string of the molecule is OO[Si](O)(F)F. The molecule has 0 rings (SSSR count). The summed E-state index contributed by atoms with van der Waals surface area (Å²) in [5.41, 5.74) is 0. The van der Waals surface area contributed by atoms with E-state index >= 15 is 0 Å². The van der Waals surface area contributed by atoms with Crippen LogP contribution in [0.3, 0.4) is 0 Å². The minimum absolute atomic E-state index is 2.30. The van der Waals surface area contributed by atoms with Crippen LogP contribution in [0, 0.1) is 0 Å². The summed E-state index contributed by atoms with van der Waals surface area (Å²) >= 11 is 0. The van der Waals surface area contributed by atoms with E-state index in [1.54, 1.807) is 0 Å². The Balaban J connectivity index is 3.17. The van der Waals surface area contributed by atoms with Crippen LogP contribution in [-0.2, 0) is 4.58 Å². The van der Waals surface area contributed by atoms with Gasteiger partial charge >= 0.3 is 9.23 Å². The van der Waals surface area contributed by atoms with Gasteiger partial charge in [0.25, 0.3) is 0 Å². The Kier molecular flexibility index (Phi) is 1.59. The average Bonchev–Trinajstić information content (AvgIpc) is 1.35. The van der Waals surface area contributed by atoms with Gasteiger partial charge in [-0.3, -0.25) is 5.26 Å². The molecule has 2 N–H and O–H groups in total. The minimum atomic E-state index is -5.58. The molecular formula is H2F2O3Si. The standard InChI is InChI=1S/F2H2O3Si/c1-6(2,4)5-3/h3-4H. The Labute approximate surface area is 33.3 Å². The van der Waals surface area contributed by atoms with Crippen molar-refractivity contribution in [2.75, 3.05) is 0 Å². The second-order valence-electron chi connectivity index (χ2n) is 0.577. The summed E-state index contributed by atoms with van der Waals surface area (Å²) in [6, 6.07) is 0. The largest absolute Gasteiger partial charge is 0.786 e. The molecule has 0 saturated heterocycles. The smallest absolute Gasteiger partial charge is 0.360 e. The van der Waals surface area contributed by atoms with E-state index in [2.05, 4.69) is 4.58 Å². The highest BCUT2D eigenvalue weighted by atomic mass is 28.5. The van der Waals surface area contributed by atoms with Gasteiger partial charge in [-0.05, 0) is 0 Å². The lowest BCUT2D eigenvalue weighted by Crippen LogP contribution is -2.24. The number of hydrogen-bond acceptors (Lipinski definition) is 3. The lowest BCUT2D eigenvalue weighted by Gasteiger charge is -1.92. The van der Waals surface area contributed by atoms with Gasteiger partial charge in [0.2, 0.25) is 0 Å². The summed E-state index contributed by atoms with van der Waals surface area (Å²) in [6.07, 6.45) is 0. The topological polar surface area (TPSA) is 49.7 Å². The quantitative estimate of drug-likeness (QED) is 0.217. The fraction of sp³-hybridized carbons (Fsp3) is 0. The van der Waals surface area contributed by atoms with Crippen molar-refractivity contribution in [3.05, 3.63) is 0 Å². The van der Waals surface area contributed by atoms with Gasteiger partial charge in [-0.25, -0.2) is 8.22 Å². The highest BCUT2D eigenvalue weighted by Crippen LogP contribution is 1.98. The van der Waals surface area contributed by atoms with E-state index in [1.807, 2.05) is 0 Å². The maximum Gasteiger partial charge on any atom is 0.786 e. The molecule has 0 bridgehead atoms. The van der Waals surface area contributed by atoms with Gasteiger partial charge in [-0.1, -0.05) is 0 Å². The molecule has 6 heteroatoms. The maximum absolute atomic E-state index is 10.7. The third-order valence-corrected chi connectivity index (χ3v) is 0.329. The van der Waals surface area contributed by atoms with E-state index in [1.165, 1.54) is 0 Å². The molecule has 0 unspecified atom stereocenters. The first-order valence-electron chi connectivity index (χ1n) is 0.988. The predicted molar refractivity (Wildman–Crippen MR) is 13.9 cm³/mol. The lowest BCUT2D eigenvalue weighted by atomic mass is 15.0. The molecular weight excluding hydrogens is 114 g/mol. The molecule has 0 atom stereocenters. The van der Waals surface area contributed by atoms with Crippen molar-refractivity contribution in [3.63, 3.8) is 0 Å². The molecule has 0 saturated carbocycles. The fourth-order valence-corrected chi connectivity index (χ4v) is 0. The van der Waals surface area contributed by atoms with Crippen LogP contribution in [0.25, 0.3) is 0 Å². The van der Waals surface area contributed by atoms with Crippen molar-refractivity contribution in [2.24, 2.45) is 0 Å². The maximum atomic E-state index is 10.7. The summed E-state index contributed by atoms with van der Waals surface area (Å²) in [6.45, 7) is 0. The first-order chi connectivity index (χ1) is 2.56. The van der Waals surface area contributed by atoms with E-state index < -0.39 is 9.23 Å². The van der Waals surface area contributed by atoms with E-state index in [0.29, 0.717) is 0 Å². The third-order valence-electron chi connectivity index (χ3n) is 0.110. The Bertz CT molecular complexity index is 38.5. The van der Waals surface area contributed by atoms with Crippen molar-refractivity contribution >= 4 is 9.23 Å². The van der Waals surface area contributed by atoms with E-state index in [9.17, 15) is 8.22 Å². The van der Waals surface area contributed by atoms with Crippen molar-refractivity contribution in [1.29, 1.82) is 0 Å². The summed E-state index contributed by atoms with van der Waals surface area (Å²) < 4.78 is 23.6. The molecule has 6 heavy (non-hydrogen) atoms. The zero-order chi connectivity index (χ0) is 5.21. The van der Waals surface area contributed by atoms with Crippen molar-refractivity contribution in [1.82, 2.24) is 0 Å². The van der Waals surface area contributed by atoms with Gasteiger partial charge in [-0.2, -0.15) is 4.58 Å². The zero-order valence-corrected chi connectivity index (χ0v) is 3.56. The highest BCUT2D eigenvalue weighted by molar-refractivity contribution is 6.49. The van der Waals surface area contributed by atoms with Gasteiger partial charge in [-0.15, -0.1) is 0 Å². The fourth-order valence-electron chi connectivity index (χ4n) is 0. The molecule has 0 heterocycles. The molecule has 0 aliphatic heterocycles. The summed E-state index contributed by atoms with van der Waals surface area (Å²) in [7, 11) is -5.58. The van der Waals surface area contributed by atoms with Crippen LogP contribution in [0.5, 0.6) is 0 Å². The molecule has 0 aliphatic rings. The van der Waals surface area contributed by atoms with Crippen LogP contribution in [0.15, 0.2) is 0 Å². The molecule has 0 aromatic rings. The second-order valence-corrected chi connectivity index (χ2v) is 1.73. The van der Waals surface area contributed by atoms with Crippen LogP contribution in [0.2, 0.25) is 0 Å². The van der Waals surface area contributed by atoms with Crippen LogP contribution in [-0.4, -0.2) is 19.3 Å². The molecule has 0 aromatic heterocycles. The number of rotatable bonds is 1. The van der Waals surface area contributed by atoms with Gasteiger partial charge in [0.05, 0.1) is 0 Å². The molecule has 0 amide bonds. The van der Waals surface area contributed by atoms with Crippen LogP contribution in [0.4, 0.5) is 8.22 Å².